The lowest BCUT2D eigenvalue weighted by Crippen LogP contribution is -2.11. The molecule has 1 atom stereocenters. The third-order valence-corrected chi connectivity index (χ3v) is 3.86. The Bertz CT molecular complexity index is 983. The summed E-state index contributed by atoms with van der Waals surface area (Å²) in [4.78, 5) is 19.2. The van der Waals surface area contributed by atoms with Gasteiger partial charge in [-0.25, -0.2) is 14.2 Å². The second-order valence-electron chi connectivity index (χ2n) is 5.75. The topological polar surface area (TPSA) is 81.5 Å². The number of carbonyl (C=O) groups is 1. The first kappa shape index (κ1) is 19.2. The van der Waals surface area contributed by atoms with E-state index in [-0.39, 0.29) is 0 Å². The number of aromatic carboxylic acids is 1. The van der Waals surface area contributed by atoms with Gasteiger partial charge in [-0.2, -0.15) is 4.39 Å². The minimum absolute atomic E-state index is 0.394. The normalized spacial score (nSPS) is 11.7. The number of rotatable bonds is 7. The third-order valence-electron chi connectivity index (χ3n) is 3.86. The van der Waals surface area contributed by atoms with Crippen molar-refractivity contribution in [3.8, 4) is 17.4 Å². The van der Waals surface area contributed by atoms with Gasteiger partial charge in [0.2, 0.25) is 11.7 Å². The van der Waals surface area contributed by atoms with Gasteiger partial charge in [0.15, 0.2) is 11.6 Å². The smallest absolute Gasteiger partial charge is 0.338 e. The Hall–Kier alpha value is -3.55. The second-order valence-corrected chi connectivity index (χ2v) is 5.75. The fraction of sp³-hybridized carbons (Fsp3) is 0.150. The number of pyridine rings is 2. The van der Waals surface area contributed by atoms with Crippen LogP contribution in [0.25, 0.3) is 0 Å². The van der Waals surface area contributed by atoms with Crippen LogP contribution in [0.1, 0.15) is 35.5 Å². The van der Waals surface area contributed by atoms with Crippen molar-refractivity contribution < 1.29 is 28.2 Å². The number of aromatic nitrogens is 2. The lowest BCUT2D eigenvalue weighted by atomic mass is 10.1. The summed E-state index contributed by atoms with van der Waals surface area (Å²) in [6.45, 7) is 1.79. The monoisotopic (exact) mass is 386 g/mol. The van der Waals surface area contributed by atoms with E-state index in [9.17, 15) is 13.6 Å². The van der Waals surface area contributed by atoms with E-state index in [1.165, 1.54) is 6.20 Å². The van der Waals surface area contributed by atoms with Crippen LogP contribution in [0.5, 0.6) is 17.4 Å². The lowest BCUT2D eigenvalue weighted by molar-refractivity contribution is 0.0690. The van der Waals surface area contributed by atoms with Crippen molar-refractivity contribution in [2.75, 3.05) is 0 Å². The first-order chi connectivity index (χ1) is 13.5. The van der Waals surface area contributed by atoms with Gasteiger partial charge in [0.25, 0.3) is 0 Å². The highest BCUT2D eigenvalue weighted by atomic mass is 19.2. The van der Waals surface area contributed by atoms with Gasteiger partial charge in [0.05, 0.1) is 11.3 Å². The molecule has 0 aliphatic rings. The number of benzene rings is 1. The van der Waals surface area contributed by atoms with Crippen LogP contribution in [0.4, 0.5) is 8.78 Å². The van der Waals surface area contributed by atoms with Crippen molar-refractivity contribution in [1.29, 1.82) is 0 Å². The van der Waals surface area contributed by atoms with Gasteiger partial charge >= 0.3 is 5.97 Å². The zero-order chi connectivity index (χ0) is 20.1. The summed E-state index contributed by atoms with van der Waals surface area (Å²) in [6.07, 6.45) is 2.80. The second kappa shape index (κ2) is 8.43. The van der Waals surface area contributed by atoms with Gasteiger partial charge in [-0.3, -0.25) is 4.98 Å². The molecule has 1 N–H and O–H groups in total. The average Bonchev–Trinajstić information content (AvgIpc) is 2.70. The van der Waals surface area contributed by atoms with Crippen molar-refractivity contribution in [3.05, 3.63) is 77.8 Å². The summed E-state index contributed by atoms with van der Waals surface area (Å²) in [7, 11) is 0. The highest BCUT2D eigenvalue weighted by Gasteiger charge is 2.22. The first-order valence-electron chi connectivity index (χ1n) is 8.42. The minimum atomic E-state index is -1.56. The van der Waals surface area contributed by atoms with Gasteiger partial charge in [0.1, 0.15) is 11.9 Å². The van der Waals surface area contributed by atoms with Gasteiger partial charge in [-0.05, 0) is 30.7 Å². The van der Waals surface area contributed by atoms with Gasteiger partial charge in [-0.15, -0.1) is 0 Å². The summed E-state index contributed by atoms with van der Waals surface area (Å²) in [5.74, 6) is -3.94. The van der Waals surface area contributed by atoms with Crippen molar-refractivity contribution in [3.63, 3.8) is 0 Å². The zero-order valence-electron chi connectivity index (χ0n) is 14.8. The maximum atomic E-state index is 14.2. The molecule has 2 aromatic heterocycles. The van der Waals surface area contributed by atoms with E-state index in [1.54, 1.807) is 43.5 Å². The molecule has 3 aromatic rings. The summed E-state index contributed by atoms with van der Waals surface area (Å²) >= 11 is 0. The standard InChI is InChI=1S/C20H16F2N2O4/c1-2-15(28-16-7-6-13(20(25)26)18(21)19(16)22)14-11-12(8-10-23-14)27-17-5-3-4-9-24-17/h3-11,15H,2H2,1H3,(H,25,26)/t15-/m1/s1. The highest BCUT2D eigenvalue weighted by molar-refractivity contribution is 5.88. The Labute approximate surface area is 159 Å². The lowest BCUT2D eigenvalue weighted by Gasteiger charge is -2.18. The van der Waals surface area contributed by atoms with E-state index in [4.69, 9.17) is 14.6 Å². The van der Waals surface area contributed by atoms with Crippen molar-refractivity contribution >= 4 is 5.97 Å². The molecule has 1 aromatic carbocycles. The molecular weight excluding hydrogens is 370 g/mol. The van der Waals surface area contributed by atoms with E-state index in [1.807, 2.05) is 0 Å². The fourth-order valence-corrected chi connectivity index (χ4v) is 2.49. The van der Waals surface area contributed by atoms with E-state index in [0.717, 1.165) is 12.1 Å². The summed E-state index contributed by atoms with van der Waals surface area (Å²) < 4.78 is 39.3. The largest absolute Gasteiger partial charge is 0.481 e. The molecule has 0 radical (unpaired) electrons. The van der Waals surface area contributed by atoms with E-state index >= 15 is 0 Å². The number of ether oxygens (including phenoxy) is 2. The summed E-state index contributed by atoms with van der Waals surface area (Å²) in [5, 5.41) is 8.86. The summed E-state index contributed by atoms with van der Waals surface area (Å²) in [6, 6.07) is 10.5. The molecule has 2 heterocycles. The minimum Gasteiger partial charge on any atom is -0.481 e. The molecule has 0 saturated heterocycles. The Morgan fingerprint density at radius 3 is 2.61 bits per heavy atom. The van der Waals surface area contributed by atoms with Gasteiger partial charge in [0, 0.05) is 24.5 Å². The van der Waals surface area contributed by atoms with Gasteiger partial charge < -0.3 is 14.6 Å². The predicted octanol–water partition coefficient (Wildman–Crippen LogP) is 4.78. The third kappa shape index (κ3) is 4.22. The van der Waals surface area contributed by atoms with E-state index in [2.05, 4.69) is 9.97 Å². The molecule has 0 aliphatic heterocycles. The van der Waals surface area contributed by atoms with Gasteiger partial charge in [-0.1, -0.05) is 13.0 Å². The first-order valence-corrected chi connectivity index (χ1v) is 8.42. The molecule has 6 nitrogen and oxygen atoms in total. The van der Waals surface area contributed by atoms with Crippen LogP contribution in [0, 0.1) is 11.6 Å². The summed E-state index contributed by atoms with van der Waals surface area (Å²) in [5.41, 5.74) is -0.320. The quantitative estimate of drug-likeness (QED) is 0.630. The van der Waals surface area contributed by atoms with Crippen LogP contribution in [-0.2, 0) is 0 Å². The average molecular weight is 386 g/mol. The van der Waals surface area contributed by atoms with Crippen molar-refractivity contribution in [1.82, 2.24) is 9.97 Å². The molecule has 0 spiro atoms. The number of hydrogen-bond donors (Lipinski definition) is 1. The molecule has 0 fully saturated rings. The van der Waals surface area contributed by atoms with Crippen LogP contribution >= 0.6 is 0 Å². The number of halogens is 2. The SMILES string of the molecule is CC[C@@H](Oc1ccc(C(=O)O)c(F)c1F)c1cc(Oc2ccccn2)ccn1. The van der Waals surface area contributed by atoms with Crippen LogP contribution in [-0.4, -0.2) is 21.0 Å². The molecule has 0 amide bonds. The van der Waals surface area contributed by atoms with Crippen LogP contribution in [0.3, 0.4) is 0 Å². The van der Waals surface area contributed by atoms with E-state index < -0.39 is 35.0 Å². The van der Waals surface area contributed by atoms with Crippen molar-refractivity contribution in [2.24, 2.45) is 0 Å². The Morgan fingerprint density at radius 1 is 1.11 bits per heavy atom. The number of carboxylic acids is 1. The molecule has 8 heteroatoms. The Kier molecular flexibility index (Phi) is 5.78. The number of carboxylic acid groups (broad SMARTS) is 1. The molecular formula is C20H16F2N2O4. The number of hydrogen-bond acceptors (Lipinski definition) is 5. The molecule has 144 valence electrons. The molecule has 28 heavy (non-hydrogen) atoms. The highest BCUT2D eigenvalue weighted by Crippen LogP contribution is 2.30. The molecule has 3 rings (SSSR count). The molecule has 0 bridgehead atoms. The molecule has 0 saturated carbocycles. The van der Waals surface area contributed by atoms with E-state index in [0.29, 0.717) is 23.7 Å². The Balaban J connectivity index is 1.83. The Morgan fingerprint density at radius 2 is 1.93 bits per heavy atom. The van der Waals surface area contributed by atoms with Crippen LogP contribution in [0.2, 0.25) is 0 Å². The fourth-order valence-electron chi connectivity index (χ4n) is 2.49. The zero-order valence-corrected chi connectivity index (χ0v) is 14.8. The number of nitrogens with zero attached hydrogens (tertiary/aromatic N) is 2. The predicted molar refractivity (Wildman–Crippen MR) is 95.5 cm³/mol. The maximum Gasteiger partial charge on any atom is 0.338 e. The molecule has 0 aliphatic carbocycles. The van der Waals surface area contributed by atoms with Crippen LogP contribution in [0.15, 0.2) is 54.9 Å². The van der Waals surface area contributed by atoms with Crippen molar-refractivity contribution in [2.45, 2.75) is 19.4 Å². The maximum absolute atomic E-state index is 14.2. The molecule has 0 unspecified atom stereocenters. The van der Waals surface area contributed by atoms with Crippen LogP contribution < -0.4 is 9.47 Å².